The zero-order valence-electron chi connectivity index (χ0n) is 14.6. The first-order valence-corrected chi connectivity index (χ1v) is 8.34. The highest BCUT2D eigenvalue weighted by Gasteiger charge is 2.15. The molecule has 0 aliphatic rings. The standard InChI is InChI=1S/C19H17N7O/c1-26-11-12(9-23-26)13(20)4-7-18-22-10-17(25-18)19(27)16-6-5-14-15(24-16)3-2-8-21-14/h2-11,19-20,27H,1H3,(H,22,25)/p+1/b7-4-,20-13?. The smallest absolute Gasteiger partial charge is 0.207 e. The lowest BCUT2D eigenvalue weighted by Crippen LogP contribution is -2.38. The van der Waals surface area contributed by atoms with Gasteiger partial charge in [-0.25, -0.2) is 9.97 Å². The van der Waals surface area contributed by atoms with Gasteiger partial charge in [0.2, 0.25) is 5.71 Å². The maximum Gasteiger partial charge on any atom is 0.207 e. The second-order valence-electron chi connectivity index (χ2n) is 6.10. The minimum atomic E-state index is -0.913. The number of allylic oxidation sites excluding steroid dienone is 1. The van der Waals surface area contributed by atoms with E-state index in [2.05, 4.69) is 25.0 Å². The SMILES string of the molecule is Cn1cc(C(=[NH2+])/C=C\c2ncc(C(O)c3ccc4ncccc4n3)[nH]2)cn1. The van der Waals surface area contributed by atoms with E-state index in [1.54, 1.807) is 41.5 Å². The summed E-state index contributed by atoms with van der Waals surface area (Å²) in [6, 6.07) is 7.26. The van der Waals surface area contributed by atoms with Gasteiger partial charge in [-0.15, -0.1) is 0 Å². The van der Waals surface area contributed by atoms with Crippen LogP contribution < -0.4 is 5.41 Å². The molecule has 0 spiro atoms. The third-order valence-corrected chi connectivity index (χ3v) is 4.13. The van der Waals surface area contributed by atoms with Crippen molar-refractivity contribution in [2.45, 2.75) is 6.10 Å². The molecule has 4 rings (SSSR count). The van der Waals surface area contributed by atoms with Crippen LogP contribution in [0, 0.1) is 0 Å². The zero-order chi connectivity index (χ0) is 18.8. The molecule has 0 fully saturated rings. The summed E-state index contributed by atoms with van der Waals surface area (Å²) in [6.45, 7) is 0. The summed E-state index contributed by atoms with van der Waals surface area (Å²) in [7, 11) is 1.83. The second kappa shape index (κ2) is 6.93. The first-order chi connectivity index (χ1) is 13.1. The van der Waals surface area contributed by atoms with Crippen molar-refractivity contribution in [3.63, 3.8) is 0 Å². The lowest BCUT2D eigenvalue weighted by Gasteiger charge is -2.08. The molecule has 0 radical (unpaired) electrons. The molecule has 27 heavy (non-hydrogen) atoms. The number of aromatic nitrogens is 6. The highest BCUT2D eigenvalue weighted by molar-refractivity contribution is 6.06. The number of fused-ring (bicyclic) bond motifs is 1. The number of nitrogens with zero attached hydrogens (tertiary/aromatic N) is 5. The van der Waals surface area contributed by atoms with E-state index < -0.39 is 6.10 Å². The Morgan fingerprint density at radius 2 is 2.11 bits per heavy atom. The van der Waals surface area contributed by atoms with Crippen molar-refractivity contribution >= 4 is 22.8 Å². The van der Waals surface area contributed by atoms with Crippen LogP contribution in [0.15, 0.2) is 55.1 Å². The van der Waals surface area contributed by atoms with Gasteiger partial charge in [0.25, 0.3) is 0 Å². The monoisotopic (exact) mass is 360 g/mol. The summed E-state index contributed by atoms with van der Waals surface area (Å²) in [5.74, 6) is 0.582. The third-order valence-electron chi connectivity index (χ3n) is 4.13. The van der Waals surface area contributed by atoms with E-state index in [9.17, 15) is 5.11 Å². The highest BCUT2D eigenvalue weighted by atomic mass is 16.3. The van der Waals surface area contributed by atoms with Gasteiger partial charge in [-0.2, -0.15) is 5.10 Å². The van der Waals surface area contributed by atoms with Crippen molar-refractivity contribution in [2.75, 3.05) is 0 Å². The third kappa shape index (κ3) is 3.51. The van der Waals surface area contributed by atoms with Crippen molar-refractivity contribution in [3.8, 4) is 0 Å². The fourth-order valence-corrected chi connectivity index (χ4v) is 2.69. The van der Waals surface area contributed by atoms with Crippen LogP contribution in [0.4, 0.5) is 0 Å². The number of H-pyrrole nitrogens is 1. The van der Waals surface area contributed by atoms with Crippen molar-refractivity contribution in [2.24, 2.45) is 7.05 Å². The van der Waals surface area contributed by atoms with Crippen molar-refractivity contribution in [3.05, 3.63) is 77.9 Å². The Labute approximate surface area is 154 Å². The fourth-order valence-electron chi connectivity index (χ4n) is 2.69. The van der Waals surface area contributed by atoms with Crippen LogP contribution in [0.2, 0.25) is 0 Å². The molecule has 0 aromatic carbocycles. The number of aliphatic hydroxyl groups is 1. The molecular weight excluding hydrogens is 342 g/mol. The van der Waals surface area contributed by atoms with Gasteiger partial charge in [-0.3, -0.25) is 15.1 Å². The summed E-state index contributed by atoms with van der Waals surface area (Å²) in [6.07, 6.45) is 9.39. The summed E-state index contributed by atoms with van der Waals surface area (Å²) in [5, 5.41) is 20.7. The van der Waals surface area contributed by atoms with Gasteiger partial charge in [-0.05, 0) is 30.3 Å². The van der Waals surface area contributed by atoms with Crippen LogP contribution in [0.25, 0.3) is 17.1 Å². The van der Waals surface area contributed by atoms with Gasteiger partial charge in [-0.1, -0.05) is 0 Å². The van der Waals surface area contributed by atoms with Crippen LogP contribution in [-0.4, -0.2) is 40.5 Å². The Morgan fingerprint density at radius 1 is 1.22 bits per heavy atom. The molecule has 4 aromatic rings. The summed E-state index contributed by atoms with van der Waals surface area (Å²) >= 11 is 0. The van der Waals surface area contributed by atoms with Crippen LogP contribution in [0.3, 0.4) is 0 Å². The first kappa shape index (κ1) is 16.8. The lowest BCUT2D eigenvalue weighted by atomic mass is 10.1. The molecule has 4 N–H and O–H groups in total. The number of hydrogen-bond donors (Lipinski definition) is 3. The maximum atomic E-state index is 10.6. The van der Waals surface area contributed by atoms with Crippen LogP contribution >= 0.6 is 0 Å². The molecule has 0 bridgehead atoms. The Balaban J connectivity index is 1.52. The molecule has 0 aliphatic heterocycles. The number of imidazole rings is 1. The Bertz CT molecular complexity index is 1140. The molecule has 4 heterocycles. The molecule has 8 nitrogen and oxygen atoms in total. The van der Waals surface area contributed by atoms with E-state index >= 15 is 0 Å². The lowest BCUT2D eigenvalue weighted by molar-refractivity contribution is -0.110. The van der Waals surface area contributed by atoms with Crippen LogP contribution in [0.5, 0.6) is 0 Å². The quantitative estimate of drug-likeness (QED) is 0.446. The molecule has 1 atom stereocenters. The Kier molecular flexibility index (Phi) is 4.31. The van der Waals surface area contributed by atoms with Crippen molar-refractivity contribution < 1.29 is 10.5 Å². The number of hydrogen-bond acceptors (Lipinski definition) is 5. The molecule has 0 amide bonds. The number of aliphatic hydroxyl groups excluding tert-OH is 1. The summed E-state index contributed by atoms with van der Waals surface area (Å²) in [4.78, 5) is 16.0. The molecular formula is C19H18N7O+. The Hall–Kier alpha value is -3.65. The van der Waals surface area contributed by atoms with E-state index in [1.807, 2.05) is 31.4 Å². The van der Waals surface area contributed by atoms with Crippen molar-refractivity contribution in [1.29, 1.82) is 0 Å². The topological polar surface area (TPSA) is 118 Å². The van der Waals surface area contributed by atoms with Gasteiger partial charge in [0.15, 0.2) is 0 Å². The van der Waals surface area contributed by atoms with Gasteiger partial charge < -0.3 is 10.1 Å². The van der Waals surface area contributed by atoms with Crippen LogP contribution in [-0.2, 0) is 7.05 Å². The number of aromatic amines is 1. The first-order valence-electron chi connectivity index (χ1n) is 8.34. The summed E-state index contributed by atoms with van der Waals surface area (Å²) < 4.78 is 1.68. The largest absolute Gasteiger partial charge is 0.380 e. The van der Waals surface area contributed by atoms with E-state index in [0.717, 1.165) is 16.6 Å². The molecule has 4 aromatic heterocycles. The predicted octanol–water partition coefficient (Wildman–Crippen LogP) is 0.430. The zero-order valence-corrected chi connectivity index (χ0v) is 14.6. The normalized spacial score (nSPS) is 12.7. The minimum absolute atomic E-state index is 0.524. The number of nitrogens with two attached hydrogens (primary N) is 1. The Morgan fingerprint density at radius 3 is 2.93 bits per heavy atom. The second-order valence-corrected chi connectivity index (χ2v) is 6.10. The number of rotatable bonds is 5. The molecule has 0 saturated carbocycles. The minimum Gasteiger partial charge on any atom is -0.380 e. The maximum absolute atomic E-state index is 10.6. The van der Waals surface area contributed by atoms with Gasteiger partial charge in [0.05, 0.1) is 40.4 Å². The summed E-state index contributed by atoms with van der Waals surface area (Å²) in [5.41, 5.74) is 3.98. The number of nitrogens with one attached hydrogen (secondary N) is 1. The number of pyridine rings is 2. The van der Waals surface area contributed by atoms with Gasteiger partial charge in [0.1, 0.15) is 11.9 Å². The molecule has 0 saturated heterocycles. The highest BCUT2D eigenvalue weighted by Crippen LogP contribution is 2.21. The van der Waals surface area contributed by atoms with E-state index in [4.69, 9.17) is 5.41 Å². The molecule has 8 heteroatoms. The fraction of sp³-hybridized carbons (Fsp3) is 0.105. The van der Waals surface area contributed by atoms with Gasteiger partial charge >= 0.3 is 0 Å². The van der Waals surface area contributed by atoms with Crippen molar-refractivity contribution in [1.82, 2.24) is 29.7 Å². The predicted molar refractivity (Wildman–Crippen MR) is 100 cm³/mol. The average Bonchev–Trinajstić information content (AvgIpc) is 3.34. The molecule has 0 aliphatic carbocycles. The average molecular weight is 360 g/mol. The molecule has 134 valence electrons. The number of aryl methyl sites for hydroxylation is 1. The van der Waals surface area contributed by atoms with E-state index in [-0.39, 0.29) is 0 Å². The van der Waals surface area contributed by atoms with E-state index in [0.29, 0.717) is 22.9 Å². The van der Waals surface area contributed by atoms with Crippen LogP contribution in [0.1, 0.15) is 28.9 Å². The molecule has 1 unspecified atom stereocenters. The van der Waals surface area contributed by atoms with E-state index in [1.165, 1.54) is 0 Å². The van der Waals surface area contributed by atoms with Gasteiger partial charge in [0, 0.05) is 25.5 Å².